The molecular weight excluding hydrogens is 1260 g/mol. The molecule has 0 fully saturated rings. The molecule has 0 amide bonds. The van der Waals surface area contributed by atoms with Crippen LogP contribution in [0.2, 0.25) is 0 Å². The molecule has 5 nitrogen and oxygen atoms in total. The van der Waals surface area contributed by atoms with E-state index in [2.05, 4.69) is 103 Å². The van der Waals surface area contributed by atoms with E-state index in [0.717, 1.165) is 55.4 Å². The third kappa shape index (κ3) is 10.8. The molecule has 0 atom stereocenters. The third-order valence-electron chi connectivity index (χ3n) is 16.0. The van der Waals surface area contributed by atoms with E-state index in [9.17, 15) is 1.37 Å². The summed E-state index contributed by atoms with van der Waals surface area (Å²) in [5.74, 6) is -9.93. The zero-order chi connectivity index (χ0) is 60.9. The molecule has 3 heterocycles. The molecule has 11 heteroatoms. The summed E-state index contributed by atoms with van der Waals surface area (Å²) in [7, 11) is 0. The van der Waals surface area contributed by atoms with Crippen molar-refractivity contribution >= 4 is 44.6 Å². The van der Waals surface area contributed by atoms with Gasteiger partial charge in [0.1, 0.15) is 5.82 Å². The minimum absolute atomic E-state index is 0. The van der Waals surface area contributed by atoms with E-state index >= 15 is 22.0 Å². The summed E-state index contributed by atoms with van der Waals surface area (Å²) >= 11 is 0. The fraction of sp³-hybridized carbons (Fsp3) is 0.200. The number of anilines is 4. The molecule has 0 aliphatic carbocycles. The molecule has 0 bridgehead atoms. The number of hydrogen-bond donors (Lipinski definition) is 0. The first-order chi connectivity index (χ1) is 40.7. The summed E-state index contributed by atoms with van der Waals surface area (Å²) in [4.78, 5) is 8.52. The van der Waals surface area contributed by atoms with Gasteiger partial charge in [0.05, 0.1) is 5.56 Å². The first-order valence-electron chi connectivity index (χ1n) is 29.0. The predicted octanol–water partition coefficient (Wildman–Crippen LogP) is 21.4. The Labute approximate surface area is 516 Å². The number of aromatic nitrogens is 2. The second kappa shape index (κ2) is 22.5. The van der Waals surface area contributed by atoms with Crippen molar-refractivity contribution in [3.8, 4) is 61.8 Å². The fourth-order valence-electron chi connectivity index (χ4n) is 11.4. The number of rotatable bonds is 10. The monoisotopic (exact) mass is 1330 g/mol. The molecule has 86 heavy (non-hydrogen) atoms. The maximum Gasteiger partial charge on any atom is 0.200 e. The van der Waals surface area contributed by atoms with Crippen molar-refractivity contribution in [3.63, 3.8) is 0 Å². The van der Waals surface area contributed by atoms with Crippen molar-refractivity contribution in [2.24, 2.45) is 0 Å². The number of para-hydroxylation sites is 3. The molecule has 0 radical (unpaired) electrons. The molecule has 0 N–H and O–H groups in total. The maximum atomic E-state index is 17.0. The Morgan fingerprint density at radius 1 is 0.500 bits per heavy atom. The average molecular weight is 1330 g/mol. The normalized spacial score (nSPS) is 13.1. The number of ether oxygens (including phenoxy) is 1. The van der Waals surface area contributed by atoms with Crippen LogP contribution in [0.15, 0.2) is 176 Å². The van der Waals surface area contributed by atoms with Crippen LogP contribution in [0.25, 0.3) is 72.1 Å². The molecule has 0 spiro atoms. The second-order valence-corrected chi connectivity index (χ2v) is 25.2. The van der Waals surface area contributed by atoms with Gasteiger partial charge in [0, 0.05) is 73.8 Å². The Bertz CT molecular complexity index is 4430. The van der Waals surface area contributed by atoms with Gasteiger partial charge in [-0.05, 0) is 114 Å². The fourth-order valence-corrected chi connectivity index (χ4v) is 11.4. The second-order valence-electron chi connectivity index (χ2n) is 25.2. The Kier molecular flexibility index (Phi) is 15.2. The van der Waals surface area contributed by atoms with Crippen molar-refractivity contribution in [1.82, 2.24) is 9.55 Å². The van der Waals surface area contributed by atoms with Gasteiger partial charge in [-0.1, -0.05) is 185 Å². The third-order valence-corrected chi connectivity index (χ3v) is 16.0. The number of pyridine rings is 1. The zero-order valence-electron chi connectivity index (χ0n) is 50.7. The first-order valence-corrected chi connectivity index (χ1v) is 28.5. The Morgan fingerprint density at radius 3 is 1.74 bits per heavy atom. The minimum Gasteiger partial charge on any atom is -0.509 e. The average Bonchev–Trinajstić information content (AvgIpc) is 1.76. The van der Waals surface area contributed by atoms with Gasteiger partial charge in [-0.2, -0.15) is 6.07 Å². The Balaban J connectivity index is 0.00000784. The summed E-state index contributed by atoms with van der Waals surface area (Å²) in [6.07, 6.45) is 1.83. The summed E-state index contributed by atoms with van der Waals surface area (Å²) in [6, 6.07) is 61.2. The van der Waals surface area contributed by atoms with Gasteiger partial charge in [-0.3, -0.25) is 0 Å². The quantitative estimate of drug-likeness (QED) is 0.0591. The zero-order valence-corrected chi connectivity index (χ0v) is 52.0. The number of hydrogen-bond acceptors (Lipinski definition) is 4. The van der Waals surface area contributed by atoms with Crippen molar-refractivity contribution in [1.29, 1.82) is 0 Å². The molecule has 438 valence electrons. The van der Waals surface area contributed by atoms with E-state index in [0.29, 0.717) is 56.4 Å². The molecule has 1 aliphatic rings. The summed E-state index contributed by atoms with van der Waals surface area (Å²) in [6.45, 7) is 24.6. The van der Waals surface area contributed by atoms with Gasteiger partial charge < -0.3 is 19.1 Å². The van der Waals surface area contributed by atoms with Crippen LogP contribution in [0.5, 0.6) is 11.5 Å². The van der Waals surface area contributed by atoms with Crippen LogP contribution in [0, 0.1) is 47.9 Å². The minimum atomic E-state index is -2.26. The van der Waals surface area contributed by atoms with E-state index in [4.69, 9.17) is 9.72 Å². The number of benzene rings is 9. The van der Waals surface area contributed by atoms with Crippen LogP contribution in [-0.2, 0) is 37.3 Å². The van der Waals surface area contributed by atoms with Crippen LogP contribution in [0.3, 0.4) is 0 Å². The van der Waals surface area contributed by atoms with Gasteiger partial charge in [-0.15, -0.1) is 53.6 Å². The largest absolute Gasteiger partial charge is 0.509 e. The number of fused-ring (bicyclic) bond motifs is 4. The maximum absolute atomic E-state index is 17.0. The molecule has 1 aliphatic heterocycles. The molecule has 11 aromatic rings. The van der Waals surface area contributed by atoms with Crippen LogP contribution in [0.4, 0.5) is 44.7 Å². The Hall–Kier alpha value is -8.33. The summed E-state index contributed by atoms with van der Waals surface area (Å²) in [5.41, 5.74) is 8.75. The van der Waals surface area contributed by atoms with E-state index in [1.54, 1.807) is 11.6 Å². The molecule has 0 saturated heterocycles. The van der Waals surface area contributed by atoms with E-state index in [-0.39, 0.29) is 48.6 Å². The van der Waals surface area contributed by atoms with Gasteiger partial charge >= 0.3 is 0 Å². The first kappa shape index (κ1) is 58.1. The van der Waals surface area contributed by atoms with Gasteiger partial charge in [0.25, 0.3) is 0 Å². The van der Waals surface area contributed by atoms with Crippen molar-refractivity contribution in [3.05, 3.63) is 246 Å². The topological polar surface area (TPSA) is 33.5 Å². The summed E-state index contributed by atoms with van der Waals surface area (Å²) < 4.78 is 99.2. The van der Waals surface area contributed by atoms with Gasteiger partial charge in [0.2, 0.25) is 5.82 Å². The van der Waals surface area contributed by atoms with Gasteiger partial charge in [0.15, 0.2) is 23.3 Å². The van der Waals surface area contributed by atoms with E-state index < -0.39 is 40.5 Å². The SMILES string of the molecule is [2H]C(C)(C)c1ccccc1-c1cc(Oc2[c-]c3c(cc2)c2ccccc2n3-c2cc(C(C)(C)C)ccn2)[c-]c(N2[CH-]N(c3c(-c4cc(C(C)(C)C)cc(C(C)(C)C)c4)cc(-c4ccccc4)cc3-c3c(F)c(F)c(F)c(F)c3F)c3ccccc32)c1.[Pt]. The van der Waals surface area contributed by atoms with Crippen LogP contribution < -0.4 is 14.5 Å². The van der Waals surface area contributed by atoms with Crippen LogP contribution >= 0.6 is 0 Å². The van der Waals surface area contributed by atoms with Gasteiger partial charge in [-0.25, -0.2) is 26.9 Å². The molecule has 12 rings (SSSR count). The number of halogens is 5. The smallest absolute Gasteiger partial charge is 0.200 e. The molecule has 9 aromatic carbocycles. The molecular formula is C75H64F5N4OPt-3. The Morgan fingerprint density at radius 2 is 1.08 bits per heavy atom. The van der Waals surface area contributed by atoms with Crippen LogP contribution in [0.1, 0.15) is 106 Å². The van der Waals surface area contributed by atoms with Crippen molar-refractivity contribution in [2.75, 3.05) is 9.80 Å². The number of nitrogens with zero attached hydrogens (tertiary/aromatic N) is 4. The van der Waals surface area contributed by atoms with Crippen LogP contribution in [-0.4, -0.2) is 9.55 Å². The van der Waals surface area contributed by atoms with E-state index in [1.807, 2.05) is 164 Å². The standard InChI is InChI=1S/C75H64F5N4O.Pt/c1-44(2)55-23-15-16-24-56(55)48-35-52(41-54(36-48)85-53-29-30-58-57-25-17-18-26-61(57)84(64(58)42-53)65-40-49(31-32-81-65)73(3,4)5)82-43-83(63-28-20-19-27-62(63)82)72-59(47-33-50(74(6,7)8)39-51(34-47)75(9,10)11)37-46(45-21-13-12-14-22-45)38-60(72)66-67(76)69(78)71(80)70(79)68(66)77;/h12-40,43-44H,1-11H3;/q-3;/i44D;. The van der Waals surface area contributed by atoms with Crippen molar-refractivity contribution < 1.29 is 49.1 Å². The molecule has 0 saturated carbocycles. The summed E-state index contributed by atoms with van der Waals surface area (Å²) in [5, 5.41) is 1.97. The molecule has 2 aromatic heterocycles. The van der Waals surface area contributed by atoms with E-state index in [1.165, 1.54) is 6.07 Å². The van der Waals surface area contributed by atoms with Crippen molar-refractivity contribution in [2.45, 2.75) is 98.3 Å². The predicted molar refractivity (Wildman–Crippen MR) is 336 cm³/mol. The molecule has 0 unspecified atom stereocenters.